The molecule has 0 amide bonds. The number of hydrogen-bond acceptors (Lipinski definition) is 4. The summed E-state index contributed by atoms with van der Waals surface area (Å²) in [5.74, 6) is 0. The zero-order valence-corrected chi connectivity index (χ0v) is 8.56. The van der Waals surface area contributed by atoms with Crippen molar-refractivity contribution < 1.29 is 10.2 Å². The van der Waals surface area contributed by atoms with Crippen LogP contribution >= 0.6 is 0 Å². The van der Waals surface area contributed by atoms with Crippen LogP contribution in [0.5, 0.6) is 0 Å². The molecule has 2 heterocycles. The number of rotatable bonds is 1. The van der Waals surface area contributed by atoms with Gasteiger partial charge in [0, 0.05) is 19.5 Å². The zero-order chi connectivity index (χ0) is 9.97. The molecule has 2 unspecified atom stereocenters. The van der Waals surface area contributed by atoms with Crippen LogP contribution in [0.15, 0.2) is 0 Å². The molecular formula is C10H19N2O2-. The number of hydrogen-bond donors (Lipinski definition) is 1. The van der Waals surface area contributed by atoms with Crippen LogP contribution in [-0.2, 0) is 0 Å². The maximum absolute atomic E-state index is 11.1. The second-order valence-corrected chi connectivity index (χ2v) is 4.28. The molecule has 2 aliphatic heterocycles. The lowest BCUT2D eigenvalue weighted by atomic mass is 10.1. The predicted octanol–water partition coefficient (Wildman–Crippen LogP) is -0.470. The molecule has 2 fully saturated rings. The molecule has 0 aliphatic carbocycles. The van der Waals surface area contributed by atoms with Crippen LogP contribution in [0.2, 0.25) is 0 Å². The van der Waals surface area contributed by atoms with Crippen LogP contribution in [-0.4, -0.2) is 47.1 Å². The molecule has 2 atom stereocenters. The van der Waals surface area contributed by atoms with E-state index < -0.39 is 6.41 Å². The van der Waals surface area contributed by atoms with E-state index >= 15 is 0 Å². The van der Waals surface area contributed by atoms with E-state index in [9.17, 15) is 5.11 Å². The Balaban J connectivity index is 2.04. The fourth-order valence-corrected chi connectivity index (χ4v) is 2.65. The highest BCUT2D eigenvalue weighted by Gasteiger charge is 2.30. The Hall–Kier alpha value is -0.160. The highest BCUT2D eigenvalue weighted by atomic mass is 16.5. The summed E-state index contributed by atoms with van der Waals surface area (Å²) >= 11 is 0. The van der Waals surface area contributed by atoms with Gasteiger partial charge in [-0.2, -0.15) is 0 Å². The van der Waals surface area contributed by atoms with E-state index in [2.05, 4.69) is 4.90 Å². The quantitative estimate of drug-likeness (QED) is 0.580. The monoisotopic (exact) mass is 199 g/mol. The number of nitrogens with zero attached hydrogens (tertiary/aromatic N) is 2. The summed E-state index contributed by atoms with van der Waals surface area (Å²) in [4.78, 5) is 4.06. The molecule has 4 nitrogen and oxygen atoms in total. The second kappa shape index (κ2) is 4.57. The third-order valence-corrected chi connectivity index (χ3v) is 3.36. The third-order valence-electron chi connectivity index (χ3n) is 3.36. The Morgan fingerprint density at radius 2 is 1.86 bits per heavy atom. The molecule has 0 radical (unpaired) electrons. The van der Waals surface area contributed by atoms with E-state index in [-0.39, 0.29) is 6.17 Å². The van der Waals surface area contributed by atoms with Crippen LogP contribution in [0.1, 0.15) is 32.1 Å². The average molecular weight is 199 g/mol. The molecule has 14 heavy (non-hydrogen) atoms. The van der Waals surface area contributed by atoms with Gasteiger partial charge in [0.1, 0.15) is 0 Å². The summed E-state index contributed by atoms with van der Waals surface area (Å²) in [6, 6.07) is 0. The van der Waals surface area contributed by atoms with Crippen molar-refractivity contribution in [1.82, 2.24) is 9.80 Å². The molecule has 0 saturated carbocycles. The Labute approximate surface area is 85.1 Å². The first-order valence-electron chi connectivity index (χ1n) is 5.63. The fraction of sp³-hybridized carbons (Fsp3) is 1.00. The highest BCUT2D eigenvalue weighted by molar-refractivity contribution is 4.80. The smallest absolute Gasteiger partial charge is 0.0632 e. The molecule has 0 bridgehead atoms. The molecule has 0 aromatic heterocycles. The van der Waals surface area contributed by atoms with Crippen LogP contribution in [0.3, 0.4) is 0 Å². The molecule has 0 aromatic carbocycles. The normalized spacial score (nSPS) is 33.4. The minimum absolute atomic E-state index is 0.207. The van der Waals surface area contributed by atoms with Gasteiger partial charge in [-0.25, -0.2) is 0 Å². The van der Waals surface area contributed by atoms with Gasteiger partial charge >= 0.3 is 0 Å². The fourth-order valence-electron chi connectivity index (χ4n) is 2.65. The van der Waals surface area contributed by atoms with Crippen molar-refractivity contribution in [3.05, 3.63) is 0 Å². The molecule has 2 rings (SSSR count). The van der Waals surface area contributed by atoms with Crippen molar-refractivity contribution >= 4 is 0 Å². The van der Waals surface area contributed by atoms with Gasteiger partial charge in [0.2, 0.25) is 0 Å². The Morgan fingerprint density at radius 3 is 2.64 bits per heavy atom. The maximum Gasteiger partial charge on any atom is 0.0632 e. The highest BCUT2D eigenvalue weighted by Crippen LogP contribution is 2.23. The van der Waals surface area contributed by atoms with Crippen LogP contribution in [0, 0.1) is 0 Å². The van der Waals surface area contributed by atoms with E-state index in [0.717, 1.165) is 32.5 Å². The first kappa shape index (κ1) is 10.4. The minimum atomic E-state index is -1.53. The number of aliphatic hydroxyl groups is 1. The first-order chi connectivity index (χ1) is 6.79. The molecule has 2 saturated heterocycles. The van der Waals surface area contributed by atoms with E-state index in [4.69, 9.17) is 5.11 Å². The van der Waals surface area contributed by atoms with Gasteiger partial charge in [-0.15, -0.1) is 0 Å². The SMILES string of the molecule is [O-]C(O)N1CCCN2CCCCCC21. The van der Waals surface area contributed by atoms with E-state index in [1.165, 1.54) is 19.3 Å². The van der Waals surface area contributed by atoms with Crippen molar-refractivity contribution in [3.8, 4) is 0 Å². The van der Waals surface area contributed by atoms with Gasteiger partial charge in [0.25, 0.3) is 0 Å². The lowest BCUT2D eigenvalue weighted by Gasteiger charge is -2.47. The molecule has 0 spiro atoms. The molecule has 0 aromatic rings. The minimum Gasteiger partial charge on any atom is -0.819 e. The van der Waals surface area contributed by atoms with Crippen molar-refractivity contribution in [3.63, 3.8) is 0 Å². The van der Waals surface area contributed by atoms with Gasteiger partial charge in [-0.1, -0.05) is 12.8 Å². The van der Waals surface area contributed by atoms with Crippen LogP contribution < -0.4 is 5.11 Å². The second-order valence-electron chi connectivity index (χ2n) is 4.28. The van der Waals surface area contributed by atoms with Gasteiger partial charge in [-0.3, -0.25) is 9.80 Å². The summed E-state index contributed by atoms with van der Waals surface area (Å²) in [5, 5.41) is 20.3. The van der Waals surface area contributed by atoms with E-state index in [1.54, 1.807) is 4.90 Å². The molecule has 4 heteroatoms. The summed E-state index contributed by atoms with van der Waals surface area (Å²) in [7, 11) is 0. The Kier molecular flexibility index (Phi) is 3.38. The van der Waals surface area contributed by atoms with Gasteiger partial charge in [0.15, 0.2) is 0 Å². The van der Waals surface area contributed by atoms with Crippen molar-refractivity contribution in [1.29, 1.82) is 0 Å². The summed E-state index contributed by atoms with van der Waals surface area (Å²) in [6.45, 7) is 2.94. The number of fused-ring (bicyclic) bond motifs is 1. The zero-order valence-electron chi connectivity index (χ0n) is 8.56. The van der Waals surface area contributed by atoms with Crippen molar-refractivity contribution in [2.24, 2.45) is 0 Å². The summed E-state index contributed by atoms with van der Waals surface area (Å²) in [6.07, 6.45) is 4.41. The molecule has 2 aliphatic rings. The summed E-state index contributed by atoms with van der Waals surface area (Å²) in [5.41, 5.74) is 0. The lowest BCUT2D eigenvalue weighted by molar-refractivity contribution is -0.529. The van der Waals surface area contributed by atoms with E-state index in [1.807, 2.05) is 0 Å². The summed E-state index contributed by atoms with van der Waals surface area (Å²) < 4.78 is 0. The lowest BCUT2D eigenvalue weighted by Crippen LogP contribution is -2.60. The van der Waals surface area contributed by atoms with Crippen LogP contribution in [0.25, 0.3) is 0 Å². The number of aliphatic hydroxyl groups excluding tert-OH is 1. The Bertz CT molecular complexity index is 187. The molecule has 82 valence electrons. The molecule has 1 N–H and O–H groups in total. The standard InChI is InChI=1S/C10H19N2O2/c13-10(14)12-8-4-7-11-6-3-1-2-5-9(11)12/h9-10,13H,1-8H2/q-1. The average Bonchev–Trinajstić information content (AvgIpc) is 2.41. The maximum atomic E-state index is 11.1. The van der Waals surface area contributed by atoms with E-state index in [0.29, 0.717) is 0 Å². The first-order valence-corrected chi connectivity index (χ1v) is 5.63. The predicted molar refractivity (Wildman–Crippen MR) is 51.2 cm³/mol. The van der Waals surface area contributed by atoms with Crippen molar-refractivity contribution in [2.75, 3.05) is 19.6 Å². The topological polar surface area (TPSA) is 49.8 Å². The van der Waals surface area contributed by atoms with Crippen LogP contribution in [0.4, 0.5) is 0 Å². The van der Waals surface area contributed by atoms with Crippen molar-refractivity contribution in [2.45, 2.75) is 44.7 Å². The Morgan fingerprint density at radius 1 is 1.07 bits per heavy atom. The van der Waals surface area contributed by atoms with Gasteiger partial charge < -0.3 is 10.2 Å². The molecular weight excluding hydrogens is 180 g/mol. The van der Waals surface area contributed by atoms with Gasteiger partial charge in [0.05, 0.1) is 6.17 Å². The third kappa shape index (κ3) is 2.08. The largest absolute Gasteiger partial charge is 0.819 e. The van der Waals surface area contributed by atoms with Gasteiger partial charge in [-0.05, 0) is 25.8 Å².